The van der Waals surface area contributed by atoms with E-state index in [9.17, 15) is 17.6 Å². The Kier molecular flexibility index (Phi) is 6.52. The third-order valence-electron chi connectivity index (χ3n) is 4.32. The molecule has 0 aliphatic rings. The van der Waals surface area contributed by atoms with Gasteiger partial charge in [-0.3, -0.25) is 9.10 Å². The minimum atomic E-state index is -4.23. The Balaban J connectivity index is 1.99. The van der Waals surface area contributed by atoms with Crippen LogP contribution in [0.1, 0.15) is 5.56 Å². The molecule has 0 fully saturated rings. The van der Waals surface area contributed by atoms with E-state index in [1.165, 1.54) is 19.2 Å². The number of anilines is 2. The quantitative estimate of drug-likeness (QED) is 0.607. The number of nitrogens with zero attached hydrogens (tertiary/aromatic N) is 2. The van der Waals surface area contributed by atoms with Crippen molar-refractivity contribution in [2.75, 3.05) is 23.3 Å². The molecule has 3 aromatic carbocycles. The summed E-state index contributed by atoms with van der Waals surface area (Å²) in [6.45, 7) is -0.573. The molecule has 0 spiro atoms. The summed E-state index contributed by atoms with van der Waals surface area (Å²) in [6, 6.07) is 18.9. The highest BCUT2D eigenvalue weighted by atomic mass is 32.2. The average Bonchev–Trinajstić information content (AvgIpc) is 2.77. The molecule has 1 N–H and O–H groups in total. The van der Waals surface area contributed by atoms with Crippen LogP contribution in [0.5, 0.6) is 5.75 Å². The molecule has 0 radical (unpaired) electrons. The predicted molar refractivity (Wildman–Crippen MR) is 114 cm³/mol. The van der Waals surface area contributed by atoms with Gasteiger partial charge in [0.15, 0.2) is 0 Å². The summed E-state index contributed by atoms with van der Waals surface area (Å²) in [6.07, 6.45) is 0. The van der Waals surface area contributed by atoms with Crippen LogP contribution in [0.25, 0.3) is 0 Å². The fourth-order valence-corrected chi connectivity index (χ4v) is 4.30. The first kappa shape index (κ1) is 21.8. The molecule has 3 rings (SSSR count). The molecule has 7 nitrogen and oxygen atoms in total. The van der Waals surface area contributed by atoms with E-state index in [1.54, 1.807) is 36.4 Å². The number of amides is 1. The molecule has 3 aromatic rings. The van der Waals surface area contributed by atoms with Crippen LogP contribution in [0.2, 0.25) is 0 Å². The Labute approximate surface area is 179 Å². The zero-order valence-electron chi connectivity index (χ0n) is 16.4. The summed E-state index contributed by atoms with van der Waals surface area (Å²) < 4.78 is 46.1. The molecule has 0 atom stereocenters. The van der Waals surface area contributed by atoms with Gasteiger partial charge in [-0.05, 0) is 54.6 Å². The fourth-order valence-electron chi connectivity index (χ4n) is 2.87. The summed E-state index contributed by atoms with van der Waals surface area (Å²) in [5.41, 5.74) is 0.844. The van der Waals surface area contributed by atoms with E-state index in [-0.39, 0.29) is 16.3 Å². The normalized spacial score (nSPS) is 10.7. The number of benzene rings is 3. The number of rotatable bonds is 7. The van der Waals surface area contributed by atoms with E-state index in [4.69, 9.17) is 10.00 Å². The van der Waals surface area contributed by atoms with Gasteiger partial charge >= 0.3 is 0 Å². The lowest BCUT2D eigenvalue weighted by Crippen LogP contribution is -2.38. The zero-order valence-corrected chi connectivity index (χ0v) is 17.3. The molecule has 0 aliphatic carbocycles. The van der Waals surface area contributed by atoms with Gasteiger partial charge in [-0.25, -0.2) is 12.8 Å². The van der Waals surface area contributed by atoms with E-state index < -0.39 is 28.3 Å². The van der Waals surface area contributed by atoms with Crippen LogP contribution in [-0.4, -0.2) is 28.0 Å². The lowest BCUT2D eigenvalue weighted by atomic mass is 10.2. The van der Waals surface area contributed by atoms with E-state index in [2.05, 4.69) is 5.32 Å². The second-order valence-corrected chi connectivity index (χ2v) is 8.24. The van der Waals surface area contributed by atoms with Crippen molar-refractivity contribution in [1.29, 1.82) is 5.26 Å². The van der Waals surface area contributed by atoms with Crippen LogP contribution in [0.4, 0.5) is 15.8 Å². The van der Waals surface area contributed by atoms with Crippen LogP contribution in [0, 0.1) is 17.1 Å². The first-order valence-electron chi connectivity index (χ1n) is 9.06. The summed E-state index contributed by atoms with van der Waals surface area (Å²) in [5.74, 6) is -0.975. The van der Waals surface area contributed by atoms with E-state index in [0.717, 1.165) is 28.6 Å². The molecule has 0 aliphatic heterocycles. The van der Waals surface area contributed by atoms with Gasteiger partial charge in [0.1, 0.15) is 18.1 Å². The Bertz CT molecular complexity index is 1240. The molecule has 0 unspecified atom stereocenters. The summed E-state index contributed by atoms with van der Waals surface area (Å²) in [4.78, 5) is 12.5. The molecule has 0 aromatic heterocycles. The first-order chi connectivity index (χ1) is 14.8. The number of halogens is 1. The van der Waals surface area contributed by atoms with Crippen molar-refractivity contribution in [3.05, 3.63) is 84.2 Å². The van der Waals surface area contributed by atoms with Gasteiger partial charge < -0.3 is 10.1 Å². The van der Waals surface area contributed by atoms with Gasteiger partial charge in [-0.1, -0.05) is 18.2 Å². The van der Waals surface area contributed by atoms with Crippen LogP contribution in [0.3, 0.4) is 0 Å². The van der Waals surface area contributed by atoms with Crippen LogP contribution >= 0.6 is 0 Å². The summed E-state index contributed by atoms with van der Waals surface area (Å²) in [7, 11) is -2.85. The van der Waals surface area contributed by atoms with Gasteiger partial charge in [0.2, 0.25) is 5.91 Å². The van der Waals surface area contributed by atoms with E-state index >= 15 is 0 Å². The maximum atomic E-state index is 13.3. The fraction of sp³-hybridized carbons (Fsp3) is 0.0909. The van der Waals surface area contributed by atoms with Gasteiger partial charge in [-0.2, -0.15) is 5.26 Å². The van der Waals surface area contributed by atoms with Gasteiger partial charge in [0.05, 0.1) is 29.3 Å². The molecule has 0 saturated heterocycles. The Morgan fingerprint density at radius 3 is 2.48 bits per heavy atom. The maximum Gasteiger partial charge on any atom is 0.264 e. The number of ether oxygens (including phenoxy) is 1. The van der Waals surface area contributed by atoms with Gasteiger partial charge in [-0.15, -0.1) is 0 Å². The highest BCUT2D eigenvalue weighted by Gasteiger charge is 2.29. The molecule has 31 heavy (non-hydrogen) atoms. The second kappa shape index (κ2) is 9.28. The molecule has 0 heterocycles. The van der Waals surface area contributed by atoms with Crippen molar-refractivity contribution >= 4 is 27.3 Å². The van der Waals surface area contributed by atoms with Crippen molar-refractivity contribution in [1.82, 2.24) is 0 Å². The number of nitriles is 1. The minimum Gasteiger partial charge on any atom is -0.495 e. The Hall–Kier alpha value is -3.90. The Morgan fingerprint density at radius 1 is 1.10 bits per heavy atom. The molecular formula is C22H18FN3O4S. The number of sulfonamides is 1. The third-order valence-corrected chi connectivity index (χ3v) is 6.09. The summed E-state index contributed by atoms with van der Waals surface area (Å²) >= 11 is 0. The van der Waals surface area contributed by atoms with Crippen molar-refractivity contribution in [2.45, 2.75) is 4.90 Å². The molecule has 1 amide bonds. The third kappa shape index (κ3) is 4.99. The van der Waals surface area contributed by atoms with Gasteiger partial charge in [0, 0.05) is 5.69 Å². The zero-order chi connectivity index (χ0) is 22.4. The SMILES string of the molecule is COc1ccccc1N(CC(=O)Nc1cccc(C#N)c1)S(=O)(=O)c1ccc(F)cc1. The van der Waals surface area contributed by atoms with Crippen molar-refractivity contribution in [3.8, 4) is 11.8 Å². The first-order valence-corrected chi connectivity index (χ1v) is 10.5. The van der Waals surface area contributed by atoms with E-state index in [1.807, 2.05) is 6.07 Å². The number of methoxy groups -OCH3 is 1. The number of para-hydroxylation sites is 2. The largest absolute Gasteiger partial charge is 0.495 e. The number of carbonyl (C=O) groups is 1. The maximum absolute atomic E-state index is 13.3. The molecule has 0 saturated carbocycles. The standard InChI is InChI=1S/C22H18FN3O4S/c1-30-21-8-3-2-7-20(21)26(31(28,29)19-11-9-17(23)10-12-19)15-22(27)25-18-6-4-5-16(13-18)14-24/h2-13H,15H2,1H3,(H,25,27). The molecule has 158 valence electrons. The molecule has 0 bridgehead atoms. The lowest BCUT2D eigenvalue weighted by molar-refractivity contribution is -0.114. The van der Waals surface area contributed by atoms with Gasteiger partial charge in [0.25, 0.3) is 10.0 Å². The molecule has 9 heteroatoms. The van der Waals surface area contributed by atoms with Crippen LogP contribution < -0.4 is 14.4 Å². The molecular weight excluding hydrogens is 421 g/mol. The summed E-state index contributed by atoms with van der Waals surface area (Å²) in [5, 5.41) is 11.6. The van der Waals surface area contributed by atoms with Crippen LogP contribution in [-0.2, 0) is 14.8 Å². The number of nitrogens with one attached hydrogen (secondary N) is 1. The van der Waals surface area contributed by atoms with Crippen LogP contribution in [0.15, 0.2) is 77.7 Å². The predicted octanol–water partition coefficient (Wildman–Crippen LogP) is 3.54. The average molecular weight is 439 g/mol. The lowest BCUT2D eigenvalue weighted by Gasteiger charge is -2.25. The van der Waals surface area contributed by atoms with E-state index in [0.29, 0.717) is 11.3 Å². The monoisotopic (exact) mass is 439 g/mol. The Morgan fingerprint density at radius 2 is 1.81 bits per heavy atom. The number of hydrogen-bond acceptors (Lipinski definition) is 5. The highest BCUT2D eigenvalue weighted by Crippen LogP contribution is 2.32. The smallest absolute Gasteiger partial charge is 0.264 e. The highest BCUT2D eigenvalue weighted by molar-refractivity contribution is 7.92. The number of hydrogen-bond donors (Lipinski definition) is 1. The van der Waals surface area contributed by atoms with Crippen molar-refractivity contribution in [2.24, 2.45) is 0 Å². The topological polar surface area (TPSA) is 99.5 Å². The number of carbonyl (C=O) groups excluding carboxylic acids is 1. The second-order valence-electron chi connectivity index (χ2n) is 6.38. The van der Waals surface area contributed by atoms with Crippen molar-refractivity contribution in [3.63, 3.8) is 0 Å². The minimum absolute atomic E-state index is 0.148. The van der Waals surface area contributed by atoms with Crippen molar-refractivity contribution < 1.29 is 22.3 Å².